The van der Waals surface area contributed by atoms with Crippen molar-refractivity contribution < 1.29 is 15.3 Å². The van der Waals surface area contributed by atoms with Gasteiger partial charge in [0.15, 0.2) is 11.5 Å². The molecular weight excluding hydrogens is 228 g/mol. The Morgan fingerprint density at radius 3 is 2.00 bits per heavy atom. The summed E-state index contributed by atoms with van der Waals surface area (Å²) in [5.74, 6) is 0.188. The van der Waals surface area contributed by atoms with Gasteiger partial charge in [-0.1, -0.05) is 38.1 Å². The topological polar surface area (TPSA) is 60.7 Å². The maximum atomic E-state index is 10.2. The molecule has 0 aliphatic heterocycles. The van der Waals surface area contributed by atoms with Gasteiger partial charge in [-0.2, -0.15) is 0 Å². The largest absolute Gasteiger partial charge is 0.507 e. The fourth-order valence-corrected chi connectivity index (χ4v) is 2.11. The van der Waals surface area contributed by atoms with Crippen molar-refractivity contribution in [1.29, 1.82) is 0 Å². The molecule has 0 aromatic heterocycles. The van der Waals surface area contributed by atoms with Gasteiger partial charge in [-0.3, -0.25) is 0 Å². The van der Waals surface area contributed by atoms with Crippen molar-refractivity contribution in [2.45, 2.75) is 26.7 Å². The maximum absolute atomic E-state index is 10.2. The summed E-state index contributed by atoms with van der Waals surface area (Å²) in [5, 5.41) is 31.2. The van der Waals surface area contributed by atoms with Gasteiger partial charge in [0.05, 0.1) is 0 Å². The molecule has 3 N–H and O–H groups in total. The van der Waals surface area contributed by atoms with Crippen LogP contribution in [0.4, 0.5) is 0 Å². The molecule has 2 aromatic carbocycles. The van der Waals surface area contributed by atoms with Gasteiger partial charge in [0.2, 0.25) is 0 Å². The SMILES string of the molecule is CC(C)CCc1c(O)c(O)c2ccccc2c1O. The number of fused-ring (bicyclic) bond motifs is 1. The maximum Gasteiger partial charge on any atom is 0.166 e. The number of aromatic hydroxyl groups is 3. The number of benzene rings is 2. The second-order valence-corrected chi connectivity index (χ2v) is 5.00. The molecule has 0 bridgehead atoms. The molecule has 0 heterocycles. The standard InChI is InChI=1S/C15H18O3/c1-9(2)7-8-12-13(16)10-5-3-4-6-11(10)14(17)15(12)18/h3-6,9,16-18H,7-8H2,1-2H3. The van der Waals surface area contributed by atoms with E-state index in [-0.39, 0.29) is 17.2 Å². The molecule has 0 saturated heterocycles. The van der Waals surface area contributed by atoms with Crippen LogP contribution in [0.5, 0.6) is 17.2 Å². The first-order chi connectivity index (χ1) is 8.52. The lowest BCUT2D eigenvalue weighted by Gasteiger charge is -2.13. The molecule has 0 saturated carbocycles. The van der Waals surface area contributed by atoms with Gasteiger partial charge < -0.3 is 15.3 Å². The molecule has 0 aliphatic carbocycles. The summed E-state index contributed by atoms with van der Waals surface area (Å²) in [6.07, 6.45) is 1.40. The first-order valence-electron chi connectivity index (χ1n) is 6.16. The van der Waals surface area contributed by atoms with Crippen LogP contribution in [0.1, 0.15) is 25.8 Å². The molecular formula is C15H18O3. The predicted octanol–water partition coefficient (Wildman–Crippen LogP) is 3.55. The van der Waals surface area contributed by atoms with Crippen LogP contribution in [0.2, 0.25) is 0 Å². The van der Waals surface area contributed by atoms with Gasteiger partial charge in [0.1, 0.15) is 5.75 Å². The van der Waals surface area contributed by atoms with Gasteiger partial charge in [-0.05, 0) is 18.8 Å². The third-order valence-corrected chi connectivity index (χ3v) is 3.20. The van der Waals surface area contributed by atoms with E-state index in [1.165, 1.54) is 0 Å². The smallest absolute Gasteiger partial charge is 0.166 e. The van der Waals surface area contributed by atoms with Crippen molar-refractivity contribution in [2.24, 2.45) is 5.92 Å². The van der Waals surface area contributed by atoms with Crippen LogP contribution >= 0.6 is 0 Å². The lowest BCUT2D eigenvalue weighted by molar-refractivity contribution is 0.393. The van der Waals surface area contributed by atoms with Crippen molar-refractivity contribution in [3.05, 3.63) is 29.8 Å². The van der Waals surface area contributed by atoms with Gasteiger partial charge in [-0.25, -0.2) is 0 Å². The highest BCUT2D eigenvalue weighted by atomic mass is 16.3. The average Bonchev–Trinajstić information content (AvgIpc) is 2.36. The van der Waals surface area contributed by atoms with Crippen molar-refractivity contribution in [3.63, 3.8) is 0 Å². The Kier molecular flexibility index (Phi) is 3.32. The third kappa shape index (κ3) is 2.08. The quantitative estimate of drug-likeness (QED) is 0.573. The molecule has 2 rings (SSSR count). The van der Waals surface area contributed by atoms with Crippen LogP contribution in [-0.2, 0) is 6.42 Å². The highest BCUT2D eigenvalue weighted by Crippen LogP contribution is 2.44. The minimum absolute atomic E-state index is 0.0709. The summed E-state index contributed by atoms with van der Waals surface area (Å²) in [6, 6.07) is 6.97. The molecule has 0 spiro atoms. The minimum atomic E-state index is -0.202. The molecule has 0 atom stereocenters. The van der Waals surface area contributed by atoms with Crippen LogP contribution < -0.4 is 0 Å². The van der Waals surface area contributed by atoms with Crippen molar-refractivity contribution in [3.8, 4) is 17.2 Å². The number of phenolic OH excluding ortho intramolecular Hbond substituents is 3. The summed E-state index contributed by atoms with van der Waals surface area (Å²) >= 11 is 0. The van der Waals surface area contributed by atoms with Crippen LogP contribution in [-0.4, -0.2) is 15.3 Å². The molecule has 3 nitrogen and oxygen atoms in total. The summed E-state index contributed by atoms with van der Waals surface area (Å²) < 4.78 is 0. The molecule has 0 aliphatic rings. The molecule has 96 valence electrons. The highest BCUT2D eigenvalue weighted by molar-refractivity contribution is 5.96. The molecule has 0 amide bonds. The Hall–Kier alpha value is -1.90. The van der Waals surface area contributed by atoms with Crippen molar-refractivity contribution in [1.82, 2.24) is 0 Å². The lowest BCUT2D eigenvalue weighted by Crippen LogP contribution is -1.94. The fourth-order valence-electron chi connectivity index (χ4n) is 2.11. The van der Waals surface area contributed by atoms with Crippen LogP contribution in [0.3, 0.4) is 0 Å². The Bertz CT molecular complexity index is 573. The number of hydrogen-bond acceptors (Lipinski definition) is 3. The van der Waals surface area contributed by atoms with E-state index >= 15 is 0 Å². The highest BCUT2D eigenvalue weighted by Gasteiger charge is 2.17. The predicted molar refractivity (Wildman–Crippen MR) is 72.1 cm³/mol. The van der Waals surface area contributed by atoms with Crippen molar-refractivity contribution in [2.75, 3.05) is 0 Å². The van der Waals surface area contributed by atoms with Crippen molar-refractivity contribution >= 4 is 10.8 Å². The number of phenols is 3. The average molecular weight is 246 g/mol. The summed E-state index contributed by atoms with van der Waals surface area (Å²) in [7, 11) is 0. The molecule has 0 unspecified atom stereocenters. The van der Waals surface area contributed by atoms with E-state index in [0.717, 1.165) is 6.42 Å². The lowest BCUT2D eigenvalue weighted by atomic mass is 9.97. The van der Waals surface area contributed by atoms with E-state index in [0.29, 0.717) is 28.7 Å². The molecule has 0 fully saturated rings. The van der Waals surface area contributed by atoms with E-state index < -0.39 is 0 Å². The van der Waals surface area contributed by atoms with Gasteiger partial charge in [-0.15, -0.1) is 0 Å². The fraction of sp³-hybridized carbons (Fsp3) is 0.333. The normalized spacial score (nSPS) is 11.3. The van der Waals surface area contributed by atoms with Gasteiger partial charge in [0, 0.05) is 16.3 Å². The second-order valence-electron chi connectivity index (χ2n) is 5.00. The van der Waals surface area contributed by atoms with E-state index in [1.54, 1.807) is 24.3 Å². The monoisotopic (exact) mass is 246 g/mol. The Morgan fingerprint density at radius 1 is 0.889 bits per heavy atom. The Balaban J connectivity index is 2.59. The Labute approximate surface area is 106 Å². The van der Waals surface area contributed by atoms with Crippen LogP contribution in [0, 0.1) is 5.92 Å². The molecule has 3 heteroatoms. The third-order valence-electron chi connectivity index (χ3n) is 3.20. The summed E-state index contributed by atoms with van der Waals surface area (Å²) in [5.41, 5.74) is 0.430. The zero-order valence-corrected chi connectivity index (χ0v) is 10.6. The minimum Gasteiger partial charge on any atom is -0.507 e. The zero-order chi connectivity index (χ0) is 13.3. The first kappa shape index (κ1) is 12.6. The van der Waals surface area contributed by atoms with E-state index in [9.17, 15) is 15.3 Å². The summed E-state index contributed by atoms with van der Waals surface area (Å²) in [4.78, 5) is 0. The van der Waals surface area contributed by atoms with E-state index in [2.05, 4.69) is 13.8 Å². The van der Waals surface area contributed by atoms with Crippen LogP contribution in [0.25, 0.3) is 10.8 Å². The van der Waals surface area contributed by atoms with Gasteiger partial charge >= 0.3 is 0 Å². The van der Waals surface area contributed by atoms with Gasteiger partial charge in [0.25, 0.3) is 0 Å². The summed E-state index contributed by atoms with van der Waals surface area (Å²) in [6.45, 7) is 4.16. The van der Waals surface area contributed by atoms with E-state index in [4.69, 9.17) is 0 Å². The zero-order valence-electron chi connectivity index (χ0n) is 10.6. The van der Waals surface area contributed by atoms with E-state index in [1.807, 2.05) is 0 Å². The molecule has 18 heavy (non-hydrogen) atoms. The molecule has 0 radical (unpaired) electrons. The number of hydrogen-bond donors (Lipinski definition) is 3. The molecule has 2 aromatic rings. The number of rotatable bonds is 3. The Morgan fingerprint density at radius 2 is 1.44 bits per heavy atom. The second kappa shape index (κ2) is 4.77. The van der Waals surface area contributed by atoms with Crippen LogP contribution in [0.15, 0.2) is 24.3 Å². The first-order valence-corrected chi connectivity index (χ1v) is 6.16.